The molecule has 2 fully saturated rings. The molecule has 14 heavy (non-hydrogen) atoms. The summed E-state index contributed by atoms with van der Waals surface area (Å²) in [5.41, 5.74) is 7.09. The van der Waals surface area contributed by atoms with E-state index in [4.69, 9.17) is 5.73 Å². The molecule has 2 atom stereocenters. The summed E-state index contributed by atoms with van der Waals surface area (Å²) in [6.45, 7) is 5.35. The second kappa shape index (κ2) is 3.73. The van der Waals surface area contributed by atoms with Gasteiger partial charge in [0.25, 0.3) is 0 Å². The quantitative estimate of drug-likeness (QED) is 0.664. The van der Waals surface area contributed by atoms with Gasteiger partial charge >= 0.3 is 0 Å². The van der Waals surface area contributed by atoms with Crippen molar-refractivity contribution in [1.82, 2.24) is 4.90 Å². The highest BCUT2D eigenvalue weighted by Gasteiger charge is 2.30. The molecule has 1 aliphatic heterocycles. The Morgan fingerprint density at radius 3 is 2.71 bits per heavy atom. The fourth-order valence-electron chi connectivity index (χ4n) is 2.34. The highest BCUT2D eigenvalue weighted by Crippen LogP contribution is 2.28. The van der Waals surface area contributed by atoms with Crippen molar-refractivity contribution in [3.8, 4) is 0 Å². The van der Waals surface area contributed by atoms with Gasteiger partial charge in [-0.15, -0.1) is 0 Å². The number of rotatable bonds is 2. The average molecular weight is 194 g/mol. The molecule has 3 heteroatoms. The third-order valence-electron chi connectivity index (χ3n) is 3.34. The molecule has 2 rings (SSSR count). The van der Waals surface area contributed by atoms with Crippen LogP contribution >= 0.6 is 0 Å². The predicted octanol–water partition coefficient (Wildman–Crippen LogP) is 0.902. The van der Waals surface area contributed by atoms with Crippen LogP contribution in [0.4, 0.5) is 0 Å². The van der Waals surface area contributed by atoms with Gasteiger partial charge in [0, 0.05) is 25.6 Å². The molecule has 1 heterocycles. The van der Waals surface area contributed by atoms with Crippen LogP contribution in [0.5, 0.6) is 0 Å². The topological polar surface area (TPSA) is 46.3 Å². The van der Waals surface area contributed by atoms with Gasteiger partial charge in [-0.05, 0) is 24.3 Å². The van der Waals surface area contributed by atoms with Crippen LogP contribution in [0.2, 0.25) is 0 Å². The summed E-state index contributed by atoms with van der Waals surface area (Å²) in [6.07, 6.45) is 4.05. The minimum absolute atomic E-state index is 0.253. The molecule has 2 unspecified atom stereocenters. The molecule has 1 saturated carbocycles. The van der Waals surface area contributed by atoms with Crippen LogP contribution in [-0.2, 0) is 4.79 Å². The maximum atomic E-state index is 11.7. The molecule has 2 aliphatic rings. The lowest BCUT2D eigenvalue weighted by Gasteiger charge is -2.34. The standard InChI is InChI=1S/C11H18N2O/c1-8-6-13(7-8)11(14)5-9-3-2-4-10(9)12/h9-10H,1-7,12H2. The number of nitrogens with two attached hydrogens (primary N) is 1. The first-order valence-electron chi connectivity index (χ1n) is 5.37. The van der Waals surface area contributed by atoms with Gasteiger partial charge in [0.1, 0.15) is 0 Å². The first kappa shape index (κ1) is 9.71. The van der Waals surface area contributed by atoms with E-state index < -0.39 is 0 Å². The highest BCUT2D eigenvalue weighted by molar-refractivity contribution is 5.78. The van der Waals surface area contributed by atoms with E-state index in [0.29, 0.717) is 12.3 Å². The van der Waals surface area contributed by atoms with E-state index in [1.165, 1.54) is 6.42 Å². The summed E-state index contributed by atoms with van der Waals surface area (Å²) >= 11 is 0. The van der Waals surface area contributed by atoms with E-state index in [-0.39, 0.29) is 11.9 Å². The van der Waals surface area contributed by atoms with Crippen molar-refractivity contribution >= 4 is 5.91 Å². The van der Waals surface area contributed by atoms with Crippen molar-refractivity contribution in [2.45, 2.75) is 31.7 Å². The SMILES string of the molecule is C=C1CN(C(=O)CC2CCCC2N)C1. The molecule has 3 nitrogen and oxygen atoms in total. The maximum Gasteiger partial charge on any atom is 0.223 e. The van der Waals surface area contributed by atoms with Gasteiger partial charge in [0.2, 0.25) is 5.91 Å². The van der Waals surface area contributed by atoms with Crippen molar-refractivity contribution in [3.63, 3.8) is 0 Å². The largest absolute Gasteiger partial charge is 0.335 e. The molecule has 0 aromatic heterocycles. The van der Waals surface area contributed by atoms with Gasteiger partial charge in [-0.1, -0.05) is 13.0 Å². The normalized spacial score (nSPS) is 31.8. The molecular weight excluding hydrogens is 176 g/mol. The van der Waals surface area contributed by atoms with Crippen molar-refractivity contribution in [3.05, 3.63) is 12.2 Å². The van der Waals surface area contributed by atoms with Gasteiger partial charge in [-0.3, -0.25) is 4.79 Å². The first-order chi connectivity index (χ1) is 6.66. The van der Waals surface area contributed by atoms with Gasteiger partial charge in [0.15, 0.2) is 0 Å². The Hall–Kier alpha value is -0.830. The number of carbonyl (C=O) groups is 1. The van der Waals surface area contributed by atoms with Crippen LogP contribution in [0.1, 0.15) is 25.7 Å². The summed E-state index contributed by atoms with van der Waals surface area (Å²) in [5, 5.41) is 0. The summed E-state index contributed by atoms with van der Waals surface area (Å²) < 4.78 is 0. The van der Waals surface area contributed by atoms with Crippen molar-refractivity contribution in [2.24, 2.45) is 11.7 Å². The van der Waals surface area contributed by atoms with E-state index in [9.17, 15) is 4.79 Å². The van der Waals surface area contributed by atoms with Gasteiger partial charge in [-0.25, -0.2) is 0 Å². The zero-order chi connectivity index (χ0) is 10.1. The minimum Gasteiger partial charge on any atom is -0.335 e. The summed E-state index contributed by atoms with van der Waals surface area (Å²) in [7, 11) is 0. The monoisotopic (exact) mass is 194 g/mol. The second-order valence-electron chi connectivity index (χ2n) is 4.56. The zero-order valence-corrected chi connectivity index (χ0v) is 8.54. The molecule has 1 aliphatic carbocycles. The lowest BCUT2D eigenvalue weighted by molar-refractivity contribution is -0.133. The Morgan fingerprint density at radius 1 is 1.50 bits per heavy atom. The van der Waals surface area contributed by atoms with Crippen molar-refractivity contribution in [2.75, 3.05) is 13.1 Å². The third kappa shape index (κ3) is 1.82. The van der Waals surface area contributed by atoms with Crippen LogP contribution in [0.3, 0.4) is 0 Å². The zero-order valence-electron chi connectivity index (χ0n) is 8.54. The molecule has 0 spiro atoms. The van der Waals surface area contributed by atoms with Gasteiger partial charge in [-0.2, -0.15) is 0 Å². The Bertz CT molecular complexity index is 254. The highest BCUT2D eigenvalue weighted by atomic mass is 16.2. The number of hydrogen-bond donors (Lipinski definition) is 1. The van der Waals surface area contributed by atoms with E-state index in [0.717, 1.165) is 31.5 Å². The van der Waals surface area contributed by atoms with Crippen molar-refractivity contribution in [1.29, 1.82) is 0 Å². The smallest absolute Gasteiger partial charge is 0.223 e. The Labute approximate surface area is 84.9 Å². The maximum absolute atomic E-state index is 11.7. The van der Waals surface area contributed by atoms with Crippen molar-refractivity contribution < 1.29 is 4.79 Å². The Balaban J connectivity index is 1.79. The van der Waals surface area contributed by atoms with Crippen LogP contribution in [0.15, 0.2) is 12.2 Å². The van der Waals surface area contributed by atoms with Crippen LogP contribution < -0.4 is 5.73 Å². The molecule has 0 radical (unpaired) electrons. The summed E-state index contributed by atoms with van der Waals surface area (Å²) in [4.78, 5) is 13.6. The summed E-state index contributed by atoms with van der Waals surface area (Å²) in [6, 6.07) is 0.253. The minimum atomic E-state index is 0.253. The second-order valence-corrected chi connectivity index (χ2v) is 4.56. The number of nitrogens with zero attached hydrogens (tertiary/aromatic N) is 1. The molecule has 78 valence electrons. The average Bonchev–Trinajstić information content (AvgIpc) is 2.46. The molecule has 0 aromatic carbocycles. The molecular formula is C11H18N2O. The first-order valence-corrected chi connectivity index (χ1v) is 5.37. The fourth-order valence-corrected chi connectivity index (χ4v) is 2.34. The molecule has 1 saturated heterocycles. The summed E-state index contributed by atoms with van der Waals surface area (Å²) in [5.74, 6) is 0.691. The van der Waals surface area contributed by atoms with Gasteiger partial charge < -0.3 is 10.6 Å². The van der Waals surface area contributed by atoms with Crippen LogP contribution in [0, 0.1) is 5.92 Å². The number of likely N-dealkylation sites (tertiary alicyclic amines) is 1. The van der Waals surface area contributed by atoms with E-state index in [1.54, 1.807) is 0 Å². The molecule has 0 bridgehead atoms. The number of amides is 1. The number of carbonyl (C=O) groups excluding carboxylic acids is 1. The van der Waals surface area contributed by atoms with E-state index in [1.807, 2.05) is 4.90 Å². The molecule has 1 amide bonds. The number of hydrogen-bond acceptors (Lipinski definition) is 2. The molecule has 2 N–H and O–H groups in total. The lowest BCUT2D eigenvalue weighted by Crippen LogP contribution is -2.45. The fraction of sp³-hybridized carbons (Fsp3) is 0.727. The molecule has 0 aromatic rings. The van der Waals surface area contributed by atoms with Gasteiger partial charge in [0.05, 0.1) is 0 Å². The third-order valence-corrected chi connectivity index (χ3v) is 3.34. The van der Waals surface area contributed by atoms with E-state index in [2.05, 4.69) is 6.58 Å². The Kier molecular flexibility index (Phi) is 2.59. The Morgan fingerprint density at radius 2 is 2.21 bits per heavy atom. The van der Waals surface area contributed by atoms with Crippen LogP contribution in [-0.4, -0.2) is 29.9 Å². The lowest BCUT2D eigenvalue weighted by atomic mass is 9.98. The van der Waals surface area contributed by atoms with Crippen LogP contribution in [0.25, 0.3) is 0 Å². The predicted molar refractivity (Wildman–Crippen MR) is 55.7 cm³/mol. The van der Waals surface area contributed by atoms with E-state index >= 15 is 0 Å².